The van der Waals surface area contributed by atoms with E-state index in [0.29, 0.717) is 92.8 Å². The molecule has 0 aliphatic heterocycles. The van der Waals surface area contributed by atoms with Crippen LogP contribution in [0.2, 0.25) is 0 Å². The van der Waals surface area contributed by atoms with Gasteiger partial charge in [-0.3, -0.25) is 0 Å². The molecule has 0 N–H and O–H groups in total. The molecule has 0 aromatic heterocycles. The van der Waals surface area contributed by atoms with E-state index in [2.05, 4.69) is 0 Å². The van der Waals surface area contributed by atoms with E-state index < -0.39 is 0 Å². The Morgan fingerprint density at radius 1 is 0.700 bits per heavy atom. The summed E-state index contributed by atoms with van der Waals surface area (Å²) in [5.74, 6) is 0. The molecule has 0 saturated heterocycles. The molecule has 122 valence electrons. The second-order valence-corrected chi connectivity index (χ2v) is 4.86. The fourth-order valence-electron chi connectivity index (χ4n) is 1.74. The highest BCUT2D eigenvalue weighted by atomic mass is 16.5. The van der Waals surface area contributed by atoms with Crippen molar-refractivity contribution in [2.75, 3.05) is 52.9 Å². The van der Waals surface area contributed by atoms with Crippen LogP contribution in [0, 0.1) is 5.41 Å². The molecule has 20 heavy (non-hydrogen) atoms. The summed E-state index contributed by atoms with van der Waals surface area (Å²) < 4.78 is 44.3. The molecule has 0 amide bonds. The van der Waals surface area contributed by atoms with Crippen LogP contribution in [0.3, 0.4) is 0 Å². The molecule has 4 nitrogen and oxygen atoms in total. The lowest BCUT2D eigenvalue weighted by Crippen LogP contribution is -2.42. The van der Waals surface area contributed by atoms with Crippen molar-refractivity contribution in [1.82, 2.24) is 0 Å². The topological polar surface area (TPSA) is 36.9 Å². The molecule has 0 saturated carbocycles. The molecule has 0 rings (SSSR count). The Hall–Kier alpha value is -0.160. The fraction of sp³-hybridized carbons (Fsp3) is 1.00. The normalized spacial score (nSPS) is 13.9. The minimum atomic E-state index is -0.373. The van der Waals surface area contributed by atoms with E-state index in [-0.39, 0.29) is 5.41 Å². The summed E-state index contributed by atoms with van der Waals surface area (Å²) in [6, 6.07) is 0. The number of rotatable bonds is 15. The van der Waals surface area contributed by atoms with Gasteiger partial charge < -0.3 is 18.9 Å². The third kappa shape index (κ3) is 9.70. The van der Waals surface area contributed by atoms with Crippen LogP contribution in [-0.2, 0) is 18.9 Å². The van der Waals surface area contributed by atoms with Crippen LogP contribution in [0.1, 0.15) is 51.0 Å². The zero-order chi connectivity index (χ0) is 17.2. The summed E-state index contributed by atoms with van der Waals surface area (Å²) in [6.07, 6.45) is 2.14. The summed E-state index contributed by atoms with van der Waals surface area (Å²) in [6.45, 7) is 7.20. The van der Waals surface area contributed by atoms with Gasteiger partial charge in [0.1, 0.15) is 0 Å². The van der Waals surface area contributed by atoms with Crippen molar-refractivity contribution in [3.05, 3.63) is 0 Å². The van der Waals surface area contributed by atoms with E-state index in [1.165, 1.54) is 0 Å². The monoisotopic (exact) mass is 296 g/mol. The Bertz CT molecular complexity index is 214. The standard InChI is InChI=1S/C16H34O4/c1-5-9-18-13-16(12-17-8-4,14-19-10-6-2)15-20-11-7-3/h5-15H2,1-4H3/i1T,2T,3T. The predicted molar refractivity (Wildman–Crippen MR) is 82.3 cm³/mol. The minimum absolute atomic E-state index is 0.360. The minimum Gasteiger partial charge on any atom is -0.381 e. The molecule has 0 atom stereocenters. The predicted octanol–water partition coefficient (Wildman–Crippen LogP) is 3.29. The van der Waals surface area contributed by atoms with Crippen molar-refractivity contribution in [2.45, 2.75) is 46.9 Å². The number of ether oxygens (including phenoxy) is 4. The maximum absolute atomic E-state index is 7.17. The summed E-state index contributed by atoms with van der Waals surface area (Å²) in [5.41, 5.74) is -0.373. The highest BCUT2D eigenvalue weighted by Crippen LogP contribution is 2.21. The lowest BCUT2D eigenvalue weighted by Gasteiger charge is -2.32. The molecule has 0 bridgehead atoms. The lowest BCUT2D eigenvalue weighted by molar-refractivity contribution is -0.105. The third-order valence-electron chi connectivity index (χ3n) is 2.70. The van der Waals surface area contributed by atoms with Gasteiger partial charge in [-0.1, -0.05) is 20.7 Å². The van der Waals surface area contributed by atoms with E-state index in [4.69, 9.17) is 23.1 Å². The molecular weight excluding hydrogens is 256 g/mol. The molecule has 0 heterocycles. The van der Waals surface area contributed by atoms with Gasteiger partial charge in [0.05, 0.1) is 31.8 Å². The molecule has 4 heteroatoms. The third-order valence-corrected chi connectivity index (χ3v) is 2.70. The van der Waals surface area contributed by atoms with Gasteiger partial charge in [0.15, 0.2) is 0 Å². The van der Waals surface area contributed by atoms with Gasteiger partial charge in [0, 0.05) is 30.5 Å². The Morgan fingerprint density at radius 3 is 1.45 bits per heavy atom. The molecule has 0 aliphatic rings. The smallest absolute Gasteiger partial charge is 0.0637 e. The van der Waals surface area contributed by atoms with Gasteiger partial charge in [-0.15, -0.1) is 0 Å². The van der Waals surface area contributed by atoms with Crippen molar-refractivity contribution in [3.8, 4) is 0 Å². The Morgan fingerprint density at radius 2 is 1.10 bits per heavy atom. The van der Waals surface area contributed by atoms with E-state index in [0.717, 1.165) is 0 Å². The SMILES string of the molecule is [3H]CCCOCC(COCC)(COCCC[3H])COCCC[3H]. The zero-order valence-corrected chi connectivity index (χ0v) is 13.0. The molecule has 0 spiro atoms. The van der Waals surface area contributed by atoms with Crippen molar-refractivity contribution >= 4 is 0 Å². The van der Waals surface area contributed by atoms with Gasteiger partial charge >= 0.3 is 0 Å². The summed E-state index contributed by atoms with van der Waals surface area (Å²) >= 11 is 0. The van der Waals surface area contributed by atoms with E-state index >= 15 is 0 Å². The quantitative estimate of drug-likeness (QED) is 0.435. The van der Waals surface area contributed by atoms with Gasteiger partial charge in [0.25, 0.3) is 0 Å². The Labute approximate surface area is 129 Å². The highest BCUT2D eigenvalue weighted by molar-refractivity contribution is 4.79. The van der Waals surface area contributed by atoms with Crippen molar-refractivity contribution in [1.29, 1.82) is 0 Å². The lowest BCUT2D eigenvalue weighted by atomic mass is 9.92. The fourth-order valence-corrected chi connectivity index (χ4v) is 1.74. The van der Waals surface area contributed by atoms with Crippen molar-refractivity contribution < 1.29 is 23.1 Å². The average molecular weight is 296 g/mol. The van der Waals surface area contributed by atoms with E-state index in [9.17, 15) is 0 Å². The summed E-state index contributed by atoms with van der Waals surface area (Å²) in [4.78, 5) is 0. The Balaban J connectivity index is 4.51. The van der Waals surface area contributed by atoms with Crippen LogP contribution >= 0.6 is 0 Å². The Kier molecular flexibility index (Phi) is 10.2. The van der Waals surface area contributed by atoms with Gasteiger partial charge in [0.2, 0.25) is 0 Å². The number of hydrogen-bond donors (Lipinski definition) is 0. The van der Waals surface area contributed by atoms with E-state index in [1.807, 2.05) is 6.92 Å². The maximum atomic E-state index is 7.17. The summed E-state index contributed by atoms with van der Waals surface area (Å²) in [7, 11) is 0. The maximum Gasteiger partial charge on any atom is 0.0637 e. The van der Waals surface area contributed by atoms with E-state index in [1.54, 1.807) is 0 Å². The second-order valence-electron chi connectivity index (χ2n) is 4.86. The first-order valence-electron chi connectivity index (χ1n) is 9.55. The van der Waals surface area contributed by atoms with Gasteiger partial charge in [-0.2, -0.15) is 0 Å². The molecule has 0 aromatic carbocycles. The molecule has 0 aliphatic carbocycles. The average Bonchev–Trinajstić information content (AvgIpc) is 2.57. The largest absolute Gasteiger partial charge is 0.381 e. The first kappa shape index (κ1) is 14.8. The zero-order valence-electron chi connectivity index (χ0n) is 16.0. The van der Waals surface area contributed by atoms with Crippen LogP contribution in [0.5, 0.6) is 0 Å². The molecular formula is C16H34O4. The molecule has 0 radical (unpaired) electrons. The first-order valence-corrected chi connectivity index (χ1v) is 7.43. The van der Waals surface area contributed by atoms with Crippen molar-refractivity contribution in [2.24, 2.45) is 5.41 Å². The first-order chi connectivity index (χ1) is 11.2. The van der Waals surface area contributed by atoms with Gasteiger partial charge in [-0.25, -0.2) is 0 Å². The van der Waals surface area contributed by atoms with Crippen molar-refractivity contribution in [3.63, 3.8) is 0 Å². The molecule has 0 fully saturated rings. The van der Waals surface area contributed by atoms with Crippen LogP contribution in [0.4, 0.5) is 0 Å². The highest BCUT2D eigenvalue weighted by Gasteiger charge is 2.32. The van der Waals surface area contributed by atoms with Gasteiger partial charge in [-0.05, 0) is 26.2 Å². The summed E-state index contributed by atoms with van der Waals surface area (Å²) in [5, 5.41) is 0. The number of hydrogen-bond acceptors (Lipinski definition) is 4. The second kappa shape index (κ2) is 13.8. The van der Waals surface area contributed by atoms with Crippen LogP contribution < -0.4 is 0 Å². The van der Waals surface area contributed by atoms with Crippen LogP contribution in [0.25, 0.3) is 0 Å². The van der Waals surface area contributed by atoms with Crippen LogP contribution in [-0.4, -0.2) is 52.9 Å². The molecule has 0 aromatic rings. The molecule has 0 unspecified atom stereocenters. The van der Waals surface area contributed by atoms with Crippen LogP contribution in [0.15, 0.2) is 0 Å².